The van der Waals surface area contributed by atoms with Crippen LogP contribution in [0.25, 0.3) is 0 Å². The Hall–Kier alpha value is -2.44. The van der Waals surface area contributed by atoms with Crippen molar-refractivity contribution in [3.05, 3.63) is 69.3 Å². The number of aliphatic hydroxyl groups is 1. The molecule has 0 heterocycles. The largest absolute Gasteiger partial charge is 0.497 e. The lowest BCUT2D eigenvalue weighted by atomic mass is 9.98. The maximum Gasteiger partial charge on any atom is 0.272 e. The number of hydrogen-bond acceptors (Lipinski definition) is 5. The number of hydrogen-bond donors (Lipinski definition) is 2. The Balaban J connectivity index is 2.12. The molecular formula is C19H24N2O4. The van der Waals surface area contributed by atoms with Crippen LogP contribution in [-0.2, 0) is 0 Å². The molecule has 2 aromatic rings. The van der Waals surface area contributed by atoms with E-state index in [1.54, 1.807) is 32.2 Å². The highest BCUT2D eigenvalue weighted by molar-refractivity contribution is 5.45. The van der Waals surface area contributed by atoms with Crippen LogP contribution in [0, 0.1) is 17.0 Å². The Morgan fingerprint density at radius 2 is 1.80 bits per heavy atom. The van der Waals surface area contributed by atoms with Gasteiger partial charge >= 0.3 is 0 Å². The minimum atomic E-state index is -0.702. The van der Waals surface area contributed by atoms with Gasteiger partial charge in [0.05, 0.1) is 18.1 Å². The topological polar surface area (TPSA) is 84.6 Å². The van der Waals surface area contributed by atoms with Gasteiger partial charge in [-0.2, -0.15) is 0 Å². The number of ether oxygens (including phenoxy) is 1. The summed E-state index contributed by atoms with van der Waals surface area (Å²) in [5.41, 5.74) is 2.37. The first-order chi connectivity index (χ1) is 11.8. The zero-order valence-corrected chi connectivity index (χ0v) is 14.9. The number of nitrogens with zero attached hydrogens (tertiary/aromatic N) is 1. The Morgan fingerprint density at radius 1 is 1.16 bits per heavy atom. The molecule has 0 bridgehead atoms. The molecular weight excluding hydrogens is 320 g/mol. The van der Waals surface area contributed by atoms with Crippen LogP contribution in [0.5, 0.6) is 5.75 Å². The van der Waals surface area contributed by atoms with Crippen molar-refractivity contribution >= 4 is 5.69 Å². The Labute approximate surface area is 147 Å². The monoisotopic (exact) mass is 344 g/mol. The summed E-state index contributed by atoms with van der Waals surface area (Å²) >= 11 is 0. The Morgan fingerprint density at radius 3 is 2.36 bits per heavy atom. The minimum absolute atomic E-state index is 0.106. The number of nitrogens with one attached hydrogen (secondary N) is 1. The molecule has 0 saturated heterocycles. The average Bonchev–Trinajstić information content (AvgIpc) is 2.60. The van der Waals surface area contributed by atoms with E-state index >= 15 is 0 Å². The normalized spacial score (nSPS) is 14.6. The van der Waals surface area contributed by atoms with E-state index in [0.29, 0.717) is 5.56 Å². The average molecular weight is 344 g/mol. The van der Waals surface area contributed by atoms with Crippen molar-refractivity contribution in [2.24, 2.45) is 0 Å². The molecule has 0 aromatic heterocycles. The molecule has 0 radical (unpaired) electrons. The summed E-state index contributed by atoms with van der Waals surface area (Å²) in [5, 5.41) is 25.0. The summed E-state index contributed by atoms with van der Waals surface area (Å²) in [6.07, 6.45) is -0.702. The fraction of sp³-hybridized carbons (Fsp3) is 0.368. The maximum atomic E-state index is 11.1. The fourth-order valence-electron chi connectivity index (χ4n) is 2.97. The van der Waals surface area contributed by atoms with Gasteiger partial charge < -0.3 is 15.2 Å². The highest BCUT2D eigenvalue weighted by Crippen LogP contribution is 2.27. The van der Waals surface area contributed by atoms with Crippen molar-refractivity contribution in [3.63, 3.8) is 0 Å². The van der Waals surface area contributed by atoms with Crippen molar-refractivity contribution in [2.75, 3.05) is 7.11 Å². The quantitative estimate of drug-likeness (QED) is 0.591. The molecule has 6 nitrogen and oxygen atoms in total. The van der Waals surface area contributed by atoms with Crippen LogP contribution < -0.4 is 10.1 Å². The van der Waals surface area contributed by atoms with Crippen LogP contribution in [0.1, 0.15) is 42.7 Å². The number of nitro benzene ring substituents is 1. The van der Waals surface area contributed by atoms with Crippen molar-refractivity contribution < 1.29 is 14.8 Å². The van der Waals surface area contributed by atoms with E-state index in [9.17, 15) is 15.2 Å². The fourth-order valence-corrected chi connectivity index (χ4v) is 2.97. The predicted molar refractivity (Wildman–Crippen MR) is 96.8 cm³/mol. The van der Waals surface area contributed by atoms with Crippen LogP contribution in [0.15, 0.2) is 42.5 Å². The number of methoxy groups -OCH3 is 1. The number of benzene rings is 2. The molecule has 3 atom stereocenters. The summed E-state index contributed by atoms with van der Waals surface area (Å²) in [5.74, 6) is 0.733. The molecule has 2 N–H and O–H groups in total. The van der Waals surface area contributed by atoms with E-state index in [4.69, 9.17) is 4.74 Å². The van der Waals surface area contributed by atoms with Gasteiger partial charge in [-0.3, -0.25) is 10.1 Å². The zero-order chi connectivity index (χ0) is 18.6. The summed E-state index contributed by atoms with van der Waals surface area (Å²) in [6, 6.07) is 11.9. The van der Waals surface area contributed by atoms with Gasteiger partial charge in [-0.05, 0) is 44.0 Å². The number of aliphatic hydroxyl groups excluding tert-OH is 1. The first-order valence-electron chi connectivity index (χ1n) is 8.17. The Bertz CT molecular complexity index is 731. The molecule has 0 amide bonds. The van der Waals surface area contributed by atoms with Gasteiger partial charge in [-0.15, -0.1) is 0 Å². The summed E-state index contributed by atoms with van der Waals surface area (Å²) in [7, 11) is 1.60. The second-order valence-corrected chi connectivity index (χ2v) is 6.14. The second kappa shape index (κ2) is 8.09. The lowest BCUT2D eigenvalue weighted by Crippen LogP contribution is -2.34. The van der Waals surface area contributed by atoms with Crippen LogP contribution in [0.2, 0.25) is 0 Å². The van der Waals surface area contributed by atoms with E-state index in [2.05, 4.69) is 5.32 Å². The number of rotatable bonds is 7. The molecule has 3 unspecified atom stereocenters. The van der Waals surface area contributed by atoms with E-state index in [0.717, 1.165) is 16.9 Å². The molecule has 0 spiro atoms. The van der Waals surface area contributed by atoms with Crippen LogP contribution >= 0.6 is 0 Å². The molecule has 25 heavy (non-hydrogen) atoms. The highest BCUT2D eigenvalue weighted by atomic mass is 16.6. The minimum Gasteiger partial charge on any atom is -0.497 e. The van der Waals surface area contributed by atoms with E-state index in [-0.39, 0.29) is 22.7 Å². The standard InChI is InChI=1S/C19H24N2O4/c1-12-17(6-5-7-18(12)21(23)24)13(2)20-14(3)19(22)15-8-10-16(25-4)11-9-15/h5-11,13-14,19-20,22H,1-4H3. The lowest BCUT2D eigenvalue weighted by Gasteiger charge is -2.26. The van der Waals surface area contributed by atoms with Gasteiger partial charge in [0.1, 0.15) is 5.75 Å². The summed E-state index contributed by atoms with van der Waals surface area (Å²) in [4.78, 5) is 10.7. The molecule has 2 aromatic carbocycles. The van der Waals surface area contributed by atoms with E-state index < -0.39 is 6.10 Å². The molecule has 0 aliphatic carbocycles. The Kier molecular flexibility index (Phi) is 6.12. The van der Waals surface area contributed by atoms with Crippen molar-refractivity contribution in [3.8, 4) is 5.75 Å². The second-order valence-electron chi connectivity index (χ2n) is 6.14. The predicted octanol–water partition coefficient (Wildman–Crippen LogP) is 3.68. The van der Waals surface area contributed by atoms with Crippen LogP contribution in [0.3, 0.4) is 0 Å². The van der Waals surface area contributed by atoms with Crippen molar-refractivity contribution in [1.29, 1.82) is 0 Å². The van der Waals surface area contributed by atoms with E-state index in [1.165, 1.54) is 6.07 Å². The molecule has 0 saturated carbocycles. The van der Waals surface area contributed by atoms with Gasteiger partial charge in [0.2, 0.25) is 0 Å². The molecule has 0 aliphatic rings. The van der Waals surface area contributed by atoms with Crippen molar-refractivity contribution in [2.45, 2.75) is 39.0 Å². The van der Waals surface area contributed by atoms with Gasteiger partial charge in [0, 0.05) is 23.7 Å². The summed E-state index contributed by atoms with van der Waals surface area (Å²) in [6.45, 7) is 5.57. The van der Waals surface area contributed by atoms with Gasteiger partial charge in [0.25, 0.3) is 5.69 Å². The highest BCUT2D eigenvalue weighted by Gasteiger charge is 2.22. The van der Waals surface area contributed by atoms with Crippen LogP contribution in [-0.4, -0.2) is 23.2 Å². The third-order valence-electron chi connectivity index (χ3n) is 4.45. The van der Waals surface area contributed by atoms with Crippen LogP contribution in [0.4, 0.5) is 5.69 Å². The van der Waals surface area contributed by atoms with E-state index in [1.807, 2.05) is 32.0 Å². The third-order valence-corrected chi connectivity index (χ3v) is 4.45. The van der Waals surface area contributed by atoms with Gasteiger partial charge in [-0.1, -0.05) is 24.3 Å². The number of nitro groups is 1. The lowest BCUT2D eigenvalue weighted by molar-refractivity contribution is -0.385. The van der Waals surface area contributed by atoms with Crippen molar-refractivity contribution in [1.82, 2.24) is 5.32 Å². The molecule has 6 heteroatoms. The maximum absolute atomic E-state index is 11.1. The third kappa shape index (κ3) is 4.35. The first kappa shape index (κ1) is 18.9. The summed E-state index contributed by atoms with van der Waals surface area (Å²) < 4.78 is 5.12. The first-order valence-corrected chi connectivity index (χ1v) is 8.17. The molecule has 0 aliphatic heterocycles. The SMILES string of the molecule is COc1ccc(C(O)C(C)NC(C)c2cccc([N+](=O)[O-])c2C)cc1. The molecule has 0 fully saturated rings. The van der Waals surface area contributed by atoms with Gasteiger partial charge in [0.15, 0.2) is 0 Å². The molecule has 134 valence electrons. The smallest absolute Gasteiger partial charge is 0.272 e. The zero-order valence-electron chi connectivity index (χ0n) is 14.9. The molecule has 2 rings (SSSR count). The van der Waals surface area contributed by atoms with Gasteiger partial charge in [-0.25, -0.2) is 0 Å².